The van der Waals surface area contributed by atoms with Crippen LogP contribution in [0, 0.1) is 2.88 Å². The molecule has 2 aromatic heterocycles. The fraction of sp³-hybridized carbons (Fsp3) is 0.214. The highest BCUT2D eigenvalue weighted by Gasteiger charge is 2.14. The summed E-state index contributed by atoms with van der Waals surface area (Å²) in [7, 11) is 0. The molecule has 0 bridgehead atoms. The van der Waals surface area contributed by atoms with Crippen LogP contribution in [0.3, 0.4) is 0 Å². The molecular weight excluding hydrogens is 387 g/mol. The summed E-state index contributed by atoms with van der Waals surface area (Å²) in [4.78, 5) is 8.00. The van der Waals surface area contributed by atoms with Crippen molar-refractivity contribution in [1.29, 1.82) is 0 Å². The van der Waals surface area contributed by atoms with E-state index in [4.69, 9.17) is 9.47 Å². The molecule has 4 rings (SSSR count). The van der Waals surface area contributed by atoms with Gasteiger partial charge >= 0.3 is 0 Å². The molecule has 102 valence electrons. The summed E-state index contributed by atoms with van der Waals surface area (Å²) in [6.45, 7) is 1.39. The number of fused-ring (bicyclic) bond motifs is 2. The number of imidazole rings is 1. The van der Waals surface area contributed by atoms with Crippen LogP contribution in [0.4, 0.5) is 0 Å². The van der Waals surface area contributed by atoms with E-state index in [9.17, 15) is 0 Å². The second-order valence-electron chi connectivity index (χ2n) is 4.59. The lowest BCUT2D eigenvalue weighted by atomic mass is 10.3. The highest BCUT2D eigenvalue weighted by molar-refractivity contribution is 14.1. The van der Waals surface area contributed by atoms with E-state index in [1.165, 1.54) is 2.88 Å². The number of H-pyrrole nitrogens is 1. The lowest BCUT2D eigenvalue weighted by Crippen LogP contribution is -1.97. The molecule has 4 nitrogen and oxygen atoms in total. The quantitative estimate of drug-likeness (QED) is 0.629. The molecule has 1 aliphatic heterocycles. The van der Waals surface area contributed by atoms with Gasteiger partial charge in [-0.3, -0.25) is 0 Å². The van der Waals surface area contributed by atoms with Crippen molar-refractivity contribution in [3.8, 4) is 22.9 Å². The van der Waals surface area contributed by atoms with Gasteiger partial charge in [0.15, 0.2) is 11.5 Å². The monoisotopic (exact) mass is 398 g/mol. The van der Waals surface area contributed by atoms with Crippen molar-refractivity contribution >= 4 is 45.0 Å². The number of hydrogen-bond donors (Lipinski definition) is 1. The van der Waals surface area contributed by atoms with Crippen molar-refractivity contribution < 1.29 is 9.47 Å². The highest BCUT2D eigenvalue weighted by Crippen LogP contribution is 2.35. The molecule has 0 atom stereocenters. The van der Waals surface area contributed by atoms with Crippen molar-refractivity contribution in [1.82, 2.24) is 9.97 Å². The number of thiophene rings is 1. The maximum absolute atomic E-state index is 5.70. The molecule has 0 radical (unpaired) electrons. The van der Waals surface area contributed by atoms with Gasteiger partial charge < -0.3 is 14.5 Å². The summed E-state index contributed by atoms with van der Waals surface area (Å²) in [6, 6.07) is 6.05. The van der Waals surface area contributed by atoms with E-state index in [0.29, 0.717) is 13.2 Å². The summed E-state index contributed by atoms with van der Waals surface area (Å²) in [5.41, 5.74) is 3.00. The molecule has 0 unspecified atom stereocenters. The minimum atomic E-state index is 0.693. The van der Waals surface area contributed by atoms with E-state index < -0.39 is 0 Å². The van der Waals surface area contributed by atoms with E-state index in [-0.39, 0.29) is 0 Å². The van der Waals surface area contributed by atoms with Crippen molar-refractivity contribution in [2.75, 3.05) is 13.2 Å². The van der Waals surface area contributed by atoms with Crippen molar-refractivity contribution in [3.63, 3.8) is 0 Å². The molecule has 0 saturated heterocycles. The van der Waals surface area contributed by atoms with Crippen LogP contribution < -0.4 is 9.47 Å². The van der Waals surface area contributed by atoms with Crippen LogP contribution in [0.25, 0.3) is 22.4 Å². The van der Waals surface area contributed by atoms with Crippen molar-refractivity contribution in [2.24, 2.45) is 0 Å². The Kier molecular flexibility index (Phi) is 3.07. The normalized spacial score (nSPS) is 14.4. The van der Waals surface area contributed by atoms with Crippen LogP contribution in [0.2, 0.25) is 0 Å². The zero-order chi connectivity index (χ0) is 13.5. The molecule has 1 aromatic carbocycles. The summed E-state index contributed by atoms with van der Waals surface area (Å²) in [5.74, 6) is 2.47. The van der Waals surface area contributed by atoms with Crippen LogP contribution in [0.15, 0.2) is 23.6 Å². The third kappa shape index (κ3) is 2.16. The van der Waals surface area contributed by atoms with Gasteiger partial charge in [0, 0.05) is 29.5 Å². The summed E-state index contributed by atoms with van der Waals surface area (Å²) in [6.07, 6.45) is 0.911. The zero-order valence-corrected chi connectivity index (χ0v) is 13.5. The molecular formula is C14H11IN2O2S. The second-order valence-corrected chi connectivity index (χ2v) is 7.40. The highest BCUT2D eigenvalue weighted by atomic mass is 127. The molecule has 0 aliphatic carbocycles. The lowest BCUT2D eigenvalue weighted by Gasteiger charge is -2.05. The van der Waals surface area contributed by atoms with Gasteiger partial charge in [0.25, 0.3) is 0 Å². The number of ether oxygens (including phenoxy) is 2. The molecule has 6 heteroatoms. The lowest BCUT2D eigenvalue weighted by molar-refractivity contribution is 0.297. The summed E-state index contributed by atoms with van der Waals surface area (Å²) in [5, 5.41) is 2.11. The van der Waals surface area contributed by atoms with Gasteiger partial charge in [0.05, 0.1) is 27.1 Å². The molecule has 1 aliphatic rings. The Balaban J connectivity index is 1.83. The fourth-order valence-electron chi connectivity index (χ4n) is 2.24. The SMILES string of the molecule is Ic1cc(-c2nc3cc4c(cc3[nH]2)OCCCO4)cs1. The third-order valence-electron chi connectivity index (χ3n) is 3.19. The first kappa shape index (κ1) is 12.5. The Bertz CT molecular complexity index is 738. The first-order chi connectivity index (χ1) is 9.79. The van der Waals surface area contributed by atoms with Crippen LogP contribution >= 0.6 is 33.9 Å². The van der Waals surface area contributed by atoms with Crippen molar-refractivity contribution in [3.05, 3.63) is 26.5 Å². The van der Waals surface area contributed by atoms with Crippen molar-refractivity contribution in [2.45, 2.75) is 6.42 Å². The first-order valence-electron chi connectivity index (χ1n) is 6.33. The molecule has 20 heavy (non-hydrogen) atoms. The Labute approximate surface area is 133 Å². The fourth-order valence-corrected chi connectivity index (χ4v) is 3.57. The Morgan fingerprint density at radius 2 is 1.95 bits per heavy atom. The maximum atomic E-state index is 5.70. The van der Waals surface area contributed by atoms with Gasteiger partial charge in [-0.1, -0.05) is 0 Å². The number of nitrogens with zero attached hydrogens (tertiary/aromatic N) is 1. The Morgan fingerprint density at radius 1 is 1.15 bits per heavy atom. The number of hydrogen-bond acceptors (Lipinski definition) is 4. The standard InChI is InChI=1S/C14H11IN2O2S/c15-13-4-8(7-20-13)14-16-9-5-11-12(6-10(9)17-14)19-3-1-2-18-11/h4-7H,1-3H2,(H,16,17). The first-order valence-corrected chi connectivity index (χ1v) is 8.29. The number of aromatic nitrogens is 2. The van der Waals surface area contributed by atoms with E-state index in [0.717, 1.165) is 40.3 Å². The molecule has 0 saturated carbocycles. The van der Waals surface area contributed by atoms with Gasteiger partial charge in [-0.15, -0.1) is 11.3 Å². The van der Waals surface area contributed by atoms with E-state index in [2.05, 4.69) is 44.0 Å². The molecule has 0 spiro atoms. The minimum Gasteiger partial charge on any atom is -0.489 e. The van der Waals surface area contributed by atoms with Gasteiger partial charge in [-0.2, -0.15) is 0 Å². The van der Waals surface area contributed by atoms with Gasteiger partial charge in [-0.05, 0) is 28.7 Å². The third-order valence-corrected chi connectivity index (χ3v) is 4.98. The van der Waals surface area contributed by atoms with Crippen LogP contribution in [-0.4, -0.2) is 23.2 Å². The average Bonchev–Trinajstić information content (AvgIpc) is 2.97. The smallest absolute Gasteiger partial charge is 0.163 e. The van der Waals surface area contributed by atoms with Crippen LogP contribution in [0.1, 0.15) is 6.42 Å². The molecule has 0 fully saturated rings. The topological polar surface area (TPSA) is 47.1 Å². The number of halogens is 1. The number of nitrogens with one attached hydrogen (secondary N) is 1. The van der Waals surface area contributed by atoms with Gasteiger partial charge in [0.1, 0.15) is 5.82 Å². The summed E-state index contributed by atoms with van der Waals surface area (Å²) < 4.78 is 12.7. The zero-order valence-electron chi connectivity index (χ0n) is 10.5. The Morgan fingerprint density at radius 3 is 2.70 bits per heavy atom. The van der Waals surface area contributed by atoms with Crippen LogP contribution in [-0.2, 0) is 0 Å². The number of rotatable bonds is 1. The van der Waals surface area contributed by atoms with E-state index in [1.54, 1.807) is 11.3 Å². The average molecular weight is 398 g/mol. The maximum Gasteiger partial charge on any atom is 0.163 e. The summed E-state index contributed by atoms with van der Waals surface area (Å²) >= 11 is 4.03. The number of aromatic amines is 1. The van der Waals surface area contributed by atoms with E-state index >= 15 is 0 Å². The predicted molar refractivity (Wildman–Crippen MR) is 87.7 cm³/mol. The number of benzene rings is 1. The molecule has 3 heterocycles. The Hall–Kier alpha value is -1.28. The second kappa shape index (κ2) is 4.92. The largest absolute Gasteiger partial charge is 0.489 e. The predicted octanol–water partition coefficient (Wildman–Crippen LogP) is 4.06. The minimum absolute atomic E-state index is 0.693. The molecule has 0 amide bonds. The molecule has 3 aromatic rings. The van der Waals surface area contributed by atoms with Crippen LogP contribution in [0.5, 0.6) is 11.5 Å². The van der Waals surface area contributed by atoms with Gasteiger partial charge in [0.2, 0.25) is 0 Å². The molecule has 1 N–H and O–H groups in total. The van der Waals surface area contributed by atoms with Gasteiger partial charge in [-0.25, -0.2) is 4.98 Å². The van der Waals surface area contributed by atoms with E-state index in [1.807, 2.05) is 12.1 Å².